The number of amides is 1. The van der Waals surface area contributed by atoms with Gasteiger partial charge in [0.2, 0.25) is 0 Å². The number of halogens is 2. The van der Waals surface area contributed by atoms with Gasteiger partial charge in [-0.25, -0.2) is 4.39 Å². The van der Waals surface area contributed by atoms with Gasteiger partial charge in [-0.2, -0.15) is 0 Å². The van der Waals surface area contributed by atoms with E-state index in [4.69, 9.17) is 16.3 Å². The highest BCUT2D eigenvalue weighted by Crippen LogP contribution is 2.19. The first-order valence-corrected chi connectivity index (χ1v) is 5.62. The number of ether oxygens (including phenoxy) is 1. The van der Waals surface area contributed by atoms with E-state index < -0.39 is 11.7 Å². The van der Waals surface area contributed by atoms with Crippen molar-refractivity contribution in [3.63, 3.8) is 0 Å². The molecule has 0 bridgehead atoms. The van der Waals surface area contributed by atoms with Crippen LogP contribution >= 0.6 is 11.6 Å². The van der Waals surface area contributed by atoms with E-state index in [1.807, 2.05) is 0 Å². The topological polar surface area (TPSA) is 64.1 Å². The van der Waals surface area contributed by atoms with Crippen molar-refractivity contribution < 1.29 is 13.9 Å². The molecule has 0 aliphatic carbocycles. The molecule has 0 spiro atoms. The first-order chi connectivity index (χ1) is 9.10. The Morgan fingerprint density at radius 1 is 1.32 bits per heavy atom. The highest BCUT2D eigenvalue weighted by Gasteiger charge is 2.11. The zero-order valence-corrected chi connectivity index (χ0v) is 10.6. The van der Waals surface area contributed by atoms with Crippen LogP contribution in [0.15, 0.2) is 30.3 Å². The number of aromatic nitrogens is 2. The van der Waals surface area contributed by atoms with E-state index in [-0.39, 0.29) is 22.3 Å². The van der Waals surface area contributed by atoms with Gasteiger partial charge in [0, 0.05) is 5.56 Å². The molecule has 0 unspecified atom stereocenters. The Kier molecular flexibility index (Phi) is 3.91. The van der Waals surface area contributed by atoms with E-state index >= 15 is 0 Å². The third kappa shape index (κ3) is 3.17. The first-order valence-electron chi connectivity index (χ1n) is 5.24. The SMILES string of the molecule is COc1cc(C(=O)Nc2ccc(Cl)nn2)ccc1F. The van der Waals surface area contributed by atoms with Crippen LogP contribution in [0.2, 0.25) is 5.15 Å². The molecule has 1 heterocycles. The zero-order valence-electron chi connectivity index (χ0n) is 9.85. The number of methoxy groups -OCH3 is 1. The Labute approximate surface area is 113 Å². The first kappa shape index (κ1) is 13.2. The van der Waals surface area contributed by atoms with Gasteiger partial charge in [0.05, 0.1) is 7.11 Å². The van der Waals surface area contributed by atoms with Crippen molar-refractivity contribution in [2.45, 2.75) is 0 Å². The lowest BCUT2D eigenvalue weighted by Crippen LogP contribution is -2.13. The molecule has 2 aromatic rings. The van der Waals surface area contributed by atoms with Gasteiger partial charge in [-0.15, -0.1) is 10.2 Å². The fourth-order valence-electron chi connectivity index (χ4n) is 1.37. The van der Waals surface area contributed by atoms with Crippen LogP contribution in [0.4, 0.5) is 10.2 Å². The standard InChI is InChI=1S/C12H9ClFN3O2/c1-19-9-6-7(2-3-8(9)14)12(18)15-11-5-4-10(13)16-17-11/h2-6H,1H3,(H,15,17,18). The molecule has 98 valence electrons. The summed E-state index contributed by atoms with van der Waals surface area (Å²) in [6.07, 6.45) is 0. The predicted octanol–water partition coefficient (Wildman–Crippen LogP) is 2.53. The number of nitrogens with zero attached hydrogens (tertiary/aromatic N) is 2. The number of hydrogen-bond donors (Lipinski definition) is 1. The van der Waals surface area contributed by atoms with Crippen LogP contribution < -0.4 is 10.1 Å². The van der Waals surface area contributed by atoms with Crippen LogP contribution in [-0.2, 0) is 0 Å². The normalized spacial score (nSPS) is 10.1. The lowest BCUT2D eigenvalue weighted by molar-refractivity contribution is 0.102. The van der Waals surface area contributed by atoms with E-state index in [1.54, 1.807) is 0 Å². The van der Waals surface area contributed by atoms with Crippen molar-refractivity contribution in [2.75, 3.05) is 12.4 Å². The fourth-order valence-corrected chi connectivity index (χ4v) is 1.47. The summed E-state index contributed by atoms with van der Waals surface area (Å²) in [5.41, 5.74) is 0.245. The molecule has 2 rings (SSSR count). The zero-order chi connectivity index (χ0) is 13.8. The van der Waals surface area contributed by atoms with Crippen LogP contribution in [0.3, 0.4) is 0 Å². The predicted molar refractivity (Wildman–Crippen MR) is 67.9 cm³/mol. The fraction of sp³-hybridized carbons (Fsp3) is 0.0833. The summed E-state index contributed by atoms with van der Waals surface area (Å²) in [6.45, 7) is 0. The van der Waals surface area contributed by atoms with Crippen LogP contribution in [-0.4, -0.2) is 23.2 Å². The maximum atomic E-state index is 13.2. The van der Waals surface area contributed by atoms with Gasteiger partial charge in [-0.1, -0.05) is 11.6 Å². The quantitative estimate of drug-likeness (QED) is 0.939. The molecular formula is C12H9ClFN3O2. The molecule has 0 aliphatic rings. The largest absolute Gasteiger partial charge is 0.494 e. The van der Waals surface area contributed by atoms with E-state index in [0.717, 1.165) is 6.07 Å². The minimum Gasteiger partial charge on any atom is -0.494 e. The molecule has 1 aromatic heterocycles. The number of carbonyl (C=O) groups is 1. The third-order valence-electron chi connectivity index (χ3n) is 2.29. The van der Waals surface area contributed by atoms with Crippen molar-refractivity contribution in [1.82, 2.24) is 10.2 Å². The molecule has 5 nitrogen and oxygen atoms in total. The molecule has 7 heteroatoms. The molecule has 0 radical (unpaired) electrons. The maximum Gasteiger partial charge on any atom is 0.257 e. The number of nitrogens with one attached hydrogen (secondary N) is 1. The van der Waals surface area contributed by atoms with E-state index in [1.165, 1.54) is 31.4 Å². The van der Waals surface area contributed by atoms with Gasteiger partial charge >= 0.3 is 0 Å². The summed E-state index contributed by atoms with van der Waals surface area (Å²) < 4.78 is 18.0. The number of carbonyl (C=O) groups excluding carboxylic acids is 1. The Hall–Kier alpha value is -2.21. The summed E-state index contributed by atoms with van der Waals surface area (Å²) in [5.74, 6) is -0.743. The minimum atomic E-state index is -0.537. The van der Waals surface area contributed by atoms with Crippen LogP contribution in [0.1, 0.15) is 10.4 Å². The smallest absolute Gasteiger partial charge is 0.257 e. The summed E-state index contributed by atoms with van der Waals surface area (Å²) in [7, 11) is 1.32. The van der Waals surface area contributed by atoms with Crippen molar-refractivity contribution in [1.29, 1.82) is 0 Å². The second-order valence-corrected chi connectivity index (χ2v) is 3.93. The Balaban J connectivity index is 2.18. The summed E-state index contributed by atoms with van der Waals surface area (Å²) in [4.78, 5) is 11.9. The maximum absolute atomic E-state index is 13.2. The van der Waals surface area contributed by atoms with Crippen molar-refractivity contribution in [2.24, 2.45) is 0 Å². The summed E-state index contributed by atoms with van der Waals surface area (Å²) in [5, 5.41) is 10.0. The van der Waals surface area contributed by atoms with Crippen molar-refractivity contribution in [3.8, 4) is 5.75 Å². The highest BCUT2D eigenvalue weighted by atomic mass is 35.5. The Bertz CT molecular complexity index is 604. The van der Waals surface area contributed by atoms with Crippen molar-refractivity contribution >= 4 is 23.3 Å². The van der Waals surface area contributed by atoms with Gasteiger partial charge in [-0.05, 0) is 30.3 Å². The van der Waals surface area contributed by atoms with Gasteiger partial charge in [0.25, 0.3) is 5.91 Å². The molecule has 19 heavy (non-hydrogen) atoms. The van der Waals surface area contributed by atoms with E-state index in [0.29, 0.717) is 0 Å². The second-order valence-electron chi connectivity index (χ2n) is 3.54. The van der Waals surface area contributed by atoms with E-state index in [9.17, 15) is 9.18 Å². The number of hydrogen-bond acceptors (Lipinski definition) is 4. The highest BCUT2D eigenvalue weighted by molar-refractivity contribution is 6.29. The molecule has 0 aliphatic heterocycles. The molecular weight excluding hydrogens is 273 g/mol. The monoisotopic (exact) mass is 281 g/mol. The molecule has 0 atom stereocenters. The summed E-state index contributed by atoms with van der Waals surface area (Å²) in [6, 6.07) is 6.80. The lowest BCUT2D eigenvalue weighted by Gasteiger charge is -2.06. The van der Waals surface area contributed by atoms with Crippen LogP contribution in [0.5, 0.6) is 5.75 Å². The van der Waals surface area contributed by atoms with E-state index in [2.05, 4.69) is 15.5 Å². The number of benzene rings is 1. The molecule has 0 saturated carbocycles. The average molecular weight is 282 g/mol. The molecule has 0 saturated heterocycles. The minimum absolute atomic E-state index is 0.00478. The Morgan fingerprint density at radius 2 is 2.11 bits per heavy atom. The number of anilines is 1. The third-order valence-corrected chi connectivity index (χ3v) is 2.49. The van der Waals surface area contributed by atoms with Crippen LogP contribution in [0.25, 0.3) is 0 Å². The van der Waals surface area contributed by atoms with Crippen molar-refractivity contribution in [3.05, 3.63) is 46.9 Å². The van der Waals surface area contributed by atoms with Crippen LogP contribution in [0, 0.1) is 5.82 Å². The second kappa shape index (κ2) is 5.62. The Morgan fingerprint density at radius 3 is 2.74 bits per heavy atom. The molecule has 0 fully saturated rings. The van der Waals surface area contributed by atoms with Gasteiger partial charge in [0.15, 0.2) is 22.5 Å². The number of rotatable bonds is 3. The van der Waals surface area contributed by atoms with Gasteiger partial charge in [-0.3, -0.25) is 4.79 Å². The molecule has 1 aromatic carbocycles. The van der Waals surface area contributed by atoms with Gasteiger partial charge in [0.1, 0.15) is 0 Å². The molecule has 1 N–H and O–H groups in total. The summed E-state index contributed by atoms with van der Waals surface area (Å²) >= 11 is 5.58. The lowest BCUT2D eigenvalue weighted by atomic mass is 10.2. The van der Waals surface area contributed by atoms with Gasteiger partial charge < -0.3 is 10.1 Å². The average Bonchev–Trinajstić information content (AvgIpc) is 2.42. The molecule has 1 amide bonds.